The van der Waals surface area contributed by atoms with E-state index in [-0.39, 0.29) is 0 Å². The third-order valence-corrected chi connectivity index (χ3v) is 3.93. The lowest BCUT2D eigenvalue weighted by molar-refractivity contribution is 0.414. The zero-order valence-electron chi connectivity index (χ0n) is 10.6. The highest BCUT2D eigenvalue weighted by atomic mass is 32.2. The van der Waals surface area contributed by atoms with Crippen LogP contribution in [0.3, 0.4) is 0 Å². The van der Waals surface area contributed by atoms with Crippen molar-refractivity contribution in [3.63, 3.8) is 0 Å². The minimum Gasteiger partial charge on any atom is -0.497 e. The summed E-state index contributed by atoms with van der Waals surface area (Å²) in [4.78, 5) is 0. The second-order valence-electron chi connectivity index (χ2n) is 4.11. The van der Waals surface area contributed by atoms with Gasteiger partial charge in [0, 0.05) is 34.1 Å². The van der Waals surface area contributed by atoms with E-state index in [1.807, 2.05) is 12.1 Å². The first-order chi connectivity index (χ1) is 8.15. The molecule has 0 aliphatic rings. The number of hydrogen-bond donors (Lipinski definition) is 1. The number of nitrogens with two attached hydrogens (primary N) is 1. The Kier molecular flexibility index (Phi) is 6.05. The smallest absolute Gasteiger partial charge is 0.121 e. The van der Waals surface area contributed by atoms with Crippen LogP contribution in [-0.4, -0.2) is 17.1 Å². The molecule has 1 aromatic carbocycles. The molecule has 0 aliphatic carbocycles. The third-order valence-electron chi connectivity index (χ3n) is 2.53. The monoisotopic (exact) mass is 255 g/mol. The SMILES string of the molecule is CCCCCS(=O)Cc1cc(N)cc(OC)c1. The number of methoxy groups -OCH3 is 1. The summed E-state index contributed by atoms with van der Waals surface area (Å²) in [5.74, 6) is 2.06. The first-order valence-electron chi connectivity index (χ1n) is 5.94. The number of benzene rings is 1. The largest absolute Gasteiger partial charge is 0.497 e. The van der Waals surface area contributed by atoms with Gasteiger partial charge in [0.15, 0.2) is 0 Å². The molecule has 1 aromatic rings. The van der Waals surface area contributed by atoms with E-state index >= 15 is 0 Å². The fourth-order valence-corrected chi connectivity index (χ4v) is 2.87. The molecular weight excluding hydrogens is 234 g/mol. The molecule has 0 amide bonds. The van der Waals surface area contributed by atoms with Crippen LogP contribution in [0, 0.1) is 0 Å². The zero-order chi connectivity index (χ0) is 12.7. The molecule has 0 aromatic heterocycles. The lowest BCUT2D eigenvalue weighted by atomic mass is 10.2. The number of nitrogen functional groups attached to an aromatic ring is 1. The summed E-state index contributed by atoms with van der Waals surface area (Å²) in [6.45, 7) is 2.14. The van der Waals surface area contributed by atoms with Crippen LogP contribution >= 0.6 is 0 Å². The molecule has 96 valence electrons. The van der Waals surface area contributed by atoms with Gasteiger partial charge in [0.25, 0.3) is 0 Å². The lowest BCUT2D eigenvalue weighted by Gasteiger charge is -2.06. The molecule has 0 spiro atoms. The van der Waals surface area contributed by atoms with E-state index in [1.165, 1.54) is 0 Å². The predicted molar refractivity (Wildman–Crippen MR) is 73.6 cm³/mol. The zero-order valence-corrected chi connectivity index (χ0v) is 11.4. The number of anilines is 1. The third kappa shape index (κ3) is 5.22. The molecule has 0 bridgehead atoms. The lowest BCUT2D eigenvalue weighted by Crippen LogP contribution is -2.02. The summed E-state index contributed by atoms with van der Waals surface area (Å²) in [5.41, 5.74) is 7.39. The summed E-state index contributed by atoms with van der Waals surface area (Å²) >= 11 is 0. The fourth-order valence-electron chi connectivity index (χ4n) is 1.66. The van der Waals surface area contributed by atoms with E-state index in [0.29, 0.717) is 11.4 Å². The first kappa shape index (κ1) is 14.0. The van der Waals surface area contributed by atoms with Crippen LogP contribution in [0.5, 0.6) is 5.75 Å². The molecule has 4 heteroatoms. The van der Waals surface area contributed by atoms with Crippen molar-refractivity contribution in [3.8, 4) is 5.75 Å². The average molecular weight is 255 g/mol. The van der Waals surface area contributed by atoms with Gasteiger partial charge in [0.2, 0.25) is 0 Å². The Balaban J connectivity index is 2.55. The number of rotatable bonds is 7. The second-order valence-corrected chi connectivity index (χ2v) is 5.69. The Morgan fingerprint density at radius 2 is 2.06 bits per heavy atom. The molecule has 1 atom stereocenters. The van der Waals surface area contributed by atoms with Crippen molar-refractivity contribution in [3.05, 3.63) is 23.8 Å². The van der Waals surface area contributed by atoms with E-state index in [0.717, 1.165) is 36.3 Å². The standard InChI is InChI=1S/C13H21NO2S/c1-3-4-5-6-17(15)10-11-7-12(14)9-13(8-11)16-2/h7-9H,3-6,10,14H2,1-2H3. The van der Waals surface area contributed by atoms with Crippen molar-refractivity contribution >= 4 is 16.5 Å². The Hall–Kier alpha value is -1.03. The second kappa shape index (κ2) is 7.33. The van der Waals surface area contributed by atoms with Gasteiger partial charge in [-0.2, -0.15) is 0 Å². The maximum atomic E-state index is 11.8. The molecule has 0 aliphatic heterocycles. The summed E-state index contributed by atoms with van der Waals surface area (Å²) in [5, 5.41) is 0. The Bertz CT molecular complexity index is 380. The van der Waals surface area contributed by atoms with Crippen LogP contribution in [0.1, 0.15) is 31.7 Å². The van der Waals surface area contributed by atoms with E-state index in [2.05, 4.69) is 6.92 Å². The molecule has 0 saturated heterocycles. The molecule has 1 unspecified atom stereocenters. The van der Waals surface area contributed by atoms with Gasteiger partial charge in [-0.25, -0.2) is 0 Å². The van der Waals surface area contributed by atoms with Crippen molar-refractivity contribution in [2.24, 2.45) is 0 Å². The molecule has 3 nitrogen and oxygen atoms in total. The molecule has 0 saturated carbocycles. The van der Waals surface area contributed by atoms with Gasteiger partial charge in [0.05, 0.1) is 7.11 Å². The predicted octanol–water partition coefficient (Wildman–Crippen LogP) is 2.72. The van der Waals surface area contributed by atoms with E-state index in [9.17, 15) is 4.21 Å². The quantitative estimate of drug-likeness (QED) is 0.602. The van der Waals surface area contributed by atoms with Crippen LogP contribution in [-0.2, 0) is 16.6 Å². The number of ether oxygens (including phenoxy) is 1. The van der Waals surface area contributed by atoms with Crippen molar-refractivity contribution in [2.75, 3.05) is 18.6 Å². The van der Waals surface area contributed by atoms with Crippen LogP contribution in [0.25, 0.3) is 0 Å². The van der Waals surface area contributed by atoms with Crippen LogP contribution in [0.4, 0.5) is 5.69 Å². The molecule has 2 N–H and O–H groups in total. The van der Waals surface area contributed by atoms with Gasteiger partial charge in [-0.1, -0.05) is 19.8 Å². The van der Waals surface area contributed by atoms with Gasteiger partial charge in [0.1, 0.15) is 5.75 Å². The number of hydrogen-bond acceptors (Lipinski definition) is 3. The normalized spacial score (nSPS) is 12.4. The summed E-state index contributed by atoms with van der Waals surface area (Å²) in [6, 6.07) is 5.53. The van der Waals surface area contributed by atoms with Crippen LogP contribution in [0.2, 0.25) is 0 Å². The molecule has 17 heavy (non-hydrogen) atoms. The maximum Gasteiger partial charge on any atom is 0.121 e. The fraction of sp³-hybridized carbons (Fsp3) is 0.538. The van der Waals surface area contributed by atoms with Crippen molar-refractivity contribution in [1.82, 2.24) is 0 Å². The van der Waals surface area contributed by atoms with E-state index in [1.54, 1.807) is 13.2 Å². The van der Waals surface area contributed by atoms with Gasteiger partial charge in [-0.3, -0.25) is 4.21 Å². The van der Waals surface area contributed by atoms with Gasteiger partial charge < -0.3 is 10.5 Å². The van der Waals surface area contributed by atoms with Crippen molar-refractivity contribution in [1.29, 1.82) is 0 Å². The number of unbranched alkanes of at least 4 members (excludes halogenated alkanes) is 2. The van der Waals surface area contributed by atoms with Crippen molar-refractivity contribution < 1.29 is 8.95 Å². The highest BCUT2D eigenvalue weighted by Crippen LogP contribution is 2.19. The van der Waals surface area contributed by atoms with Crippen LogP contribution < -0.4 is 10.5 Å². The molecule has 1 rings (SSSR count). The maximum absolute atomic E-state index is 11.8. The molecular formula is C13H21NO2S. The van der Waals surface area contributed by atoms with Gasteiger partial charge >= 0.3 is 0 Å². The van der Waals surface area contributed by atoms with Gasteiger partial charge in [-0.15, -0.1) is 0 Å². The topological polar surface area (TPSA) is 52.3 Å². The Morgan fingerprint density at radius 1 is 1.29 bits per heavy atom. The van der Waals surface area contributed by atoms with Crippen LogP contribution in [0.15, 0.2) is 18.2 Å². The first-order valence-corrected chi connectivity index (χ1v) is 7.43. The average Bonchev–Trinajstić information content (AvgIpc) is 2.28. The minimum atomic E-state index is -0.802. The summed E-state index contributed by atoms with van der Waals surface area (Å²) in [7, 11) is 0.806. The Morgan fingerprint density at radius 3 is 2.71 bits per heavy atom. The molecule has 0 radical (unpaired) electrons. The molecule has 0 fully saturated rings. The highest BCUT2D eigenvalue weighted by Gasteiger charge is 2.04. The van der Waals surface area contributed by atoms with Crippen molar-refractivity contribution in [2.45, 2.75) is 31.9 Å². The molecule has 0 heterocycles. The minimum absolute atomic E-state index is 0.561. The van der Waals surface area contributed by atoms with E-state index < -0.39 is 10.8 Å². The van der Waals surface area contributed by atoms with E-state index in [4.69, 9.17) is 10.5 Å². The summed E-state index contributed by atoms with van der Waals surface area (Å²) < 4.78 is 17.0. The Labute approximate surface area is 106 Å². The summed E-state index contributed by atoms with van der Waals surface area (Å²) in [6.07, 6.45) is 3.33. The van der Waals surface area contributed by atoms with Gasteiger partial charge in [-0.05, 0) is 24.1 Å². The highest BCUT2D eigenvalue weighted by molar-refractivity contribution is 7.84.